The number of hydrogen-bond acceptors (Lipinski definition) is 3. The van der Waals surface area contributed by atoms with Crippen molar-refractivity contribution in [3.63, 3.8) is 0 Å². The Morgan fingerprint density at radius 1 is 1.21 bits per heavy atom. The molecule has 1 amide bonds. The molecule has 2 aromatic heterocycles. The smallest absolute Gasteiger partial charge is 0.252 e. The van der Waals surface area contributed by atoms with Crippen molar-refractivity contribution < 1.29 is 4.79 Å². The van der Waals surface area contributed by atoms with Gasteiger partial charge in [0.2, 0.25) is 0 Å². The molecule has 0 fully saturated rings. The van der Waals surface area contributed by atoms with E-state index in [0.717, 1.165) is 17.5 Å². The molecule has 0 saturated heterocycles. The van der Waals surface area contributed by atoms with Crippen LogP contribution in [-0.4, -0.2) is 27.2 Å². The van der Waals surface area contributed by atoms with Crippen LogP contribution in [0.3, 0.4) is 0 Å². The van der Waals surface area contributed by atoms with Crippen molar-refractivity contribution in [3.8, 4) is 0 Å². The molecule has 0 aliphatic heterocycles. The molecule has 0 aliphatic rings. The minimum Gasteiger partial charge on any atom is -0.352 e. The molecule has 0 radical (unpaired) electrons. The second-order valence-electron chi connectivity index (χ2n) is 6.36. The predicted molar refractivity (Wildman–Crippen MR) is 94.9 cm³/mol. The third-order valence-corrected chi connectivity index (χ3v) is 3.92. The molecule has 0 spiro atoms. The normalized spacial score (nSPS) is 11.1. The van der Waals surface area contributed by atoms with Crippen LogP contribution in [-0.2, 0) is 6.54 Å². The van der Waals surface area contributed by atoms with E-state index in [4.69, 9.17) is 0 Å². The van der Waals surface area contributed by atoms with E-state index < -0.39 is 0 Å². The molecular formula is C19H22N4O. The number of pyridine rings is 1. The Morgan fingerprint density at radius 3 is 2.75 bits per heavy atom. The molecule has 5 heteroatoms. The largest absolute Gasteiger partial charge is 0.352 e. The second-order valence-corrected chi connectivity index (χ2v) is 6.36. The van der Waals surface area contributed by atoms with Crippen LogP contribution in [0, 0.1) is 5.92 Å². The Labute approximate surface area is 141 Å². The van der Waals surface area contributed by atoms with Gasteiger partial charge in [-0.1, -0.05) is 44.2 Å². The number of nitrogens with zero attached hydrogens (tertiary/aromatic N) is 3. The Bertz CT molecular complexity index is 824. The van der Waals surface area contributed by atoms with Gasteiger partial charge in [-0.25, -0.2) is 9.67 Å². The summed E-state index contributed by atoms with van der Waals surface area (Å²) in [5.41, 5.74) is 2.53. The highest BCUT2D eigenvalue weighted by atomic mass is 16.1. The van der Waals surface area contributed by atoms with Gasteiger partial charge in [0.1, 0.15) is 0 Å². The maximum atomic E-state index is 12.2. The van der Waals surface area contributed by atoms with Crippen molar-refractivity contribution in [3.05, 3.63) is 59.9 Å². The number of nitrogens with one attached hydrogen (secondary N) is 1. The lowest BCUT2D eigenvalue weighted by atomic mass is 10.1. The van der Waals surface area contributed by atoms with Crippen LogP contribution in [0.4, 0.5) is 0 Å². The number of carbonyl (C=O) groups is 1. The average Bonchev–Trinajstić information content (AvgIpc) is 2.97. The molecule has 3 aromatic rings. The Hall–Kier alpha value is -2.69. The summed E-state index contributed by atoms with van der Waals surface area (Å²) in [7, 11) is 0. The molecule has 124 valence electrons. The van der Waals surface area contributed by atoms with Crippen molar-refractivity contribution in [2.45, 2.75) is 26.8 Å². The first-order chi connectivity index (χ1) is 11.6. The van der Waals surface area contributed by atoms with Crippen LogP contribution < -0.4 is 5.32 Å². The molecule has 5 nitrogen and oxygen atoms in total. The number of rotatable bonds is 6. The first kappa shape index (κ1) is 16.2. The van der Waals surface area contributed by atoms with Crippen LogP contribution in [0.2, 0.25) is 0 Å². The molecule has 0 saturated carbocycles. The van der Waals surface area contributed by atoms with E-state index in [2.05, 4.69) is 41.4 Å². The lowest BCUT2D eigenvalue weighted by molar-refractivity contribution is 0.0952. The van der Waals surface area contributed by atoms with E-state index in [1.807, 2.05) is 28.9 Å². The minimum atomic E-state index is -0.0825. The summed E-state index contributed by atoms with van der Waals surface area (Å²) in [6.45, 7) is 5.63. The molecular weight excluding hydrogens is 300 g/mol. The van der Waals surface area contributed by atoms with E-state index in [9.17, 15) is 4.79 Å². The van der Waals surface area contributed by atoms with Gasteiger partial charge < -0.3 is 5.32 Å². The van der Waals surface area contributed by atoms with Crippen LogP contribution >= 0.6 is 0 Å². The molecule has 1 N–H and O–H groups in total. The number of hydrogen-bond donors (Lipinski definition) is 1. The average molecular weight is 322 g/mol. The number of amides is 1. The Balaban J connectivity index is 1.74. The highest BCUT2D eigenvalue weighted by Gasteiger charge is 2.10. The van der Waals surface area contributed by atoms with Crippen molar-refractivity contribution >= 4 is 16.9 Å². The zero-order valence-corrected chi connectivity index (χ0v) is 14.1. The summed E-state index contributed by atoms with van der Waals surface area (Å²) in [4.78, 5) is 16.6. The van der Waals surface area contributed by atoms with Crippen molar-refractivity contribution in [2.24, 2.45) is 5.92 Å². The lowest BCUT2D eigenvalue weighted by Crippen LogP contribution is -2.25. The van der Waals surface area contributed by atoms with Gasteiger partial charge >= 0.3 is 0 Å². The SMILES string of the molecule is CC(C)CCNC(=O)c1cnc2c(cnn2Cc2ccccc2)c1. The standard InChI is InChI=1S/C19H22N4O/c1-14(2)8-9-20-19(24)17-10-16-12-22-23(18(16)21-11-17)13-15-6-4-3-5-7-15/h3-7,10-12,14H,8-9,13H2,1-2H3,(H,20,24). The molecule has 3 rings (SSSR count). The van der Waals surface area contributed by atoms with E-state index in [1.54, 1.807) is 12.4 Å². The molecule has 0 unspecified atom stereocenters. The first-order valence-electron chi connectivity index (χ1n) is 8.27. The van der Waals surface area contributed by atoms with E-state index >= 15 is 0 Å². The van der Waals surface area contributed by atoms with Gasteiger partial charge in [0.15, 0.2) is 5.65 Å². The molecule has 24 heavy (non-hydrogen) atoms. The second kappa shape index (κ2) is 7.25. The fourth-order valence-electron chi connectivity index (χ4n) is 2.54. The van der Waals surface area contributed by atoms with Crippen molar-refractivity contribution in [1.29, 1.82) is 0 Å². The number of aromatic nitrogens is 3. The maximum Gasteiger partial charge on any atom is 0.252 e. The molecule has 1 aromatic carbocycles. The summed E-state index contributed by atoms with van der Waals surface area (Å²) >= 11 is 0. The van der Waals surface area contributed by atoms with Gasteiger partial charge in [0.05, 0.1) is 18.3 Å². The fraction of sp³-hybridized carbons (Fsp3) is 0.316. The molecule has 0 bridgehead atoms. The molecule has 2 heterocycles. The topological polar surface area (TPSA) is 59.8 Å². The first-order valence-corrected chi connectivity index (χ1v) is 8.27. The highest BCUT2D eigenvalue weighted by molar-refractivity contribution is 5.96. The van der Waals surface area contributed by atoms with Gasteiger partial charge in [-0.2, -0.15) is 5.10 Å². The summed E-state index contributed by atoms with van der Waals surface area (Å²) in [6.07, 6.45) is 4.35. The monoisotopic (exact) mass is 322 g/mol. The summed E-state index contributed by atoms with van der Waals surface area (Å²) in [5.74, 6) is 0.489. The zero-order valence-electron chi connectivity index (χ0n) is 14.1. The summed E-state index contributed by atoms with van der Waals surface area (Å²) in [5, 5.41) is 8.21. The van der Waals surface area contributed by atoms with Gasteiger partial charge in [-0.3, -0.25) is 4.79 Å². The van der Waals surface area contributed by atoms with E-state index in [1.165, 1.54) is 5.56 Å². The van der Waals surface area contributed by atoms with Gasteiger partial charge in [-0.15, -0.1) is 0 Å². The molecule has 0 aliphatic carbocycles. The van der Waals surface area contributed by atoms with Gasteiger partial charge in [-0.05, 0) is 24.0 Å². The number of benzene rings is 1. The zero-order chi connectivity index (χ0) is 16.9. The predicted octanol–water partition coefficient (Wildman–Crippen LogP) is 3.26. The summed E-state index contributed by atoms with van der Waals surface area (Å²) in [6, 6.07) is 12.0. The maximum absolute atomic E-state index is 12.2. The van der Waals surface area contributed by atoms with Crippen LogP contribution in [0.5, 0.6) is 0 Å². The summed E-state index contributed by atoms with van der Waals surface area (Å²) < 4.78 is 1.85. The van der Waals surface area contributed by atoms with Crippen LogP contribution in [0.1, 0.15) is 36.2 Å². The quantitative estimate of drug-likeness (QED) is 0.758. The Kier molecular flexibility index (Phi) is 4.89. The van der Waals surface area contributed by atoms with E-state index in [0.29, 0.717) is 24.6 Å². The number of carbonyl (C=O) groups excluding carboxylic acids is 1. The van der Waals surface area contributed by atoms with Gasteiger partial charge in [0, 0.05) is 18.1 Å². The van der Waals surface area contributed by atoms with Crippen molar-refractivity contribution in [2.75, 3.05) is 6.54 Å². The van der Waals surface area contributed by atoms with Crippen LogP contribution in [0.15, 0.2) is 48.8 Å². The fourth-order valence-corrected chi connectivity index (χ4v) is 2.54. The third-order valence-electron chi connectivity index (χ3n) is 3.92. The van der Waals surface area contributed by atoms with Gasteiger partial charge in [0.25, 0.3) is 5.91 Å². The number of fused-ring (bicyclic) bond motifs is 1. The lowest BCUT2D eigenvalue weighted by Gasteiger charge is -2.07. The third kappa shape index (κ3) is 3.79. The minimum absolute atomic E-state index is 0.0825. The Morgan fingerprint density at radius 2 is 2.00 bits per heavy atom. The van der Waals surface area contributed by atoms with Crippen LogP contribution in [0.25, 0.3) is 11.0 Å². The molecule has 0 atom stereocenters. The van der Waals surface area contributed by atoms with E-state index in [-0.39, 0.29) is 5.91 Å². The van der Waals surface area contributed by atoms with Crippen molar-refractivity contribution in [1.82, 2.24) is 20.1 Å². The highest BCUT2D eigenvalue weighted by Crippen LogP contribution is 2.14.